The van der Waals surface area contributed by atoms with Crippen molar-refractivity contribution in [2.45, 2.75) is 25.4 Å². The zero-order valence-electron chi connectivity index (χ0n) is 15.4. The molecular weight excluding hydrogens is 354 g/mol. The molecule has 6 nitrogen and oxygen atoms in total. The van der Waals surface area contributed by atoms with E-state index in [0.717, 1.165) is 30.8 Å². The minimum atomic E-state index is -0.704. The third-order valence-corrected chi connectivity index (χ3v) is 4.46. The highest BCUT2D eigenvalue weighted by Crippen LogP contribution is 2.19. The second-order valence-electron chi connectivity index (χ2n) is 6.76. The van der Waals surface area contributed by atoms with Crippen LogP contribution in [0.15, 0.2) is 30.3 Å². The van der Waals surface area contributed by atoms with Crippen LogP contribution in [0, 0.1) is 11.6 Å². The van der Waals surface area contributed by atoms with Crippen molar-refractivity contribution < 1.29 is 18.3 Å². The van der Waals surface area contributed by atoms with Crippen LogP contribution in [0.4, 0.5) is 14.6 Å². The predicted molar refractivity (Wildman–Crippen MR) is 96.7 cm³/mol. The number of amides is 1. The molecular formula is C19H22F2N4O2. The molecule has 27 heavy (non-hydrogen) atoms. The first-order valence-corrected chi connectivity index (χ1v) is 8.82. The van der Waals surface area contributed by atoms with Gasteiger partial charge in [0.1, 0.15) is 17.7 Å². The predicted octanol–water partition coefficient (Wildman–Crippen LogP) is 2.43. The summed E-state index contributed by atoms with van der Waals surface area (Å²) in [6.07, 6.45) is 1.29. The van der Waals surface area contributed by atoms with Crippen molar-refractivity contribution in [2.24, 2.45) is 0 Å². The third kappa shape index (κ3) is 4.90. The molecule has 0 radical (unpaired) electrons. The molecule has 1 aliphatic heterocycles. The molecule has 8 heteroatoms. The molecule has 1 aliphatic rings. The Morgan fingerprint density at radius 3 is 2.74 bits per heavy atom. The van der Waals surface area contributed by atoms with Crippen molar-refractivity contribution in [3.8, 4) is 5.88 Å². The smallest absolute Gasteiger partial charge is 0.233 e. The van der Waals surface area contributed by atoms with Gasteiger partial charge in [-0.2, -0.15) is 0 Å². The first kappa shape index (κ1) is 19.0. The highest BCUT2D eigenvalue weighted by molar-refractivity contribution is 5.79. The Hall–Kier alpha value is -2.77. The van der Waals surface area contributed by atoms with Crippen molar-refractivity contribution in [3.63, 3.8) is 0 Å². The van der Waals surface area contributed by atoms with E-state index >= 15 is 0 Å². The standard InChI is InChI=1S/C19H22F2N4O2/c1-24(2)17-7-8-18(23-22-17)27-15-4-3-9-25(12-15)19(26)10-13-5-6-14(20)11-16(13)21/h5-8,11,15H,3-4,9-10,12H2,1-2H3. The summed E-state index contributed by atoms with van der Waals surface area (Å²) < 4.78 is 32.6. The molecule has 1 unspecified atom stereocenters. The van der Waals surface area contributed by atoms with E-state index < -0.39 is 11.6 Å². The van der Waals surface area contributed by atoms with E-state index in [2.05, 4.69) is 10.2 Å². The summed E-state index contributed by atoms with van der Waals surface area (Å²) in [6, 6.07) is 6.81. The zero-order valence-corrected chi connectivity index (χ0v) is 15.4. The van der Waals surface area contributed by atoms with Gasteiger partial charge in [-0.1, -0.05) is 6.07 Å². The van der Waals surface area contributed by atoms with Crippen molar-refractivity contribution in [1.29, 1.82) is 0 Å². The number of benzene rings is 1. The van der Waals surface area contributed by atoms with Gasteiger partial charge in [-0.25, -0.2) is 8.78 Å². The van der Waals surface area contributed by atoms with Gasteiger partial charge in [0.2, 0.25) is 11.8 Å². The number of anilines is 1. The summed E-state index contributed by atoms with van der Waals surface area (Å²) in [5, 5.41) is 8.12. The Labute approximate surface area is 156 Å². The summed E-state index contributed by atoms with van der Waals surface area (Å²) in [7, 11) is 3.75. The Balaban J connectivity index is 1.59. The molecule has 0 aliphatic carbocycles. The van der Waals surface area contributed by atoms with Crippen LogP contribution >= 0.6 is 0 Å². The normalized spacial score (nSPS) is 16.9. The van der Waals surface area contributed by atoms with Gasteiger partial charge in [0.25, 0.3) is 0 Å². The van der Waals surface area contributed by atoms with Crippen molar-refractivity contribution >= 4 is 11.7 Å². The summed E-state index contributed by atoms with van der Waals surface area (Å²) in [4.78, 5) is 16.0. The van der Waals surface area contributed by atoms with E-state index in [9.17, 15) is 13.6 Å². The van der Waals surface area contributed by atoms with Crippen LogP contribution in [0.3, 0.4) is 0 Å². The van der Waals surface area contributed by atoms with Gasteiger partial charge in [-0.3, -0.25) is 4.79 Å². The van der Waals surface area contributed by atoms with E-state index in [1.807, 2.05) is 25.1 Å². The van der Waals surface area contributed by atoms with E-state index in [-0.39, 0.29) is 24.0 Å². The number of aromatic nitrogens is 2. The van der Waals surface area contributed by atoms with Crippen LogP contribution in [0.25, 0.3) is 0 Å². The second-order valence-corrected chi connectivity index (χ2v) is 6.76. The quantitative estimate of drug-likeness (QED) is 0.802. The Kier molecular flexibility index (Phi) is 5.83. The van der Waals surface area contributed by atoms with E-state index in [4.69, 9.17) is 4.74 Å². The Bertz CT molecular complexity index is 799. The molecule has 0 bridgehead atoms. The molecule has 3 rings (SSSR count). The van der Waals surface area contributed by atoms with Gasteiger partial charge in [-0.05, 0) is 30.5 Å². The summed E-state index contributed by atoms with van der Waals surface area (Å²) >= 11 is 0. The lowest BCUT2D eigenvalue weighted by molar-refractivity contribution is -0.133. The lowest BCUT2D eigenvalue weighted by Gasteiger charge is -2.32. The minimum Gasteiger partial charge on any atom is -0.471 e. The maximum atomic E-state index is 13.8. The Morgan fingerprint density at radius 2 is 2.07 bits per heavy atom. The van der Waals surface area contributed by atoms with Crippen LogP contribution in [0.2, 0.25) is 0 Å². The van der Waals surface area contributed by atoms with Gasteiger partial charge in [0, 0.05) is 32.8 Å². The number of hydrogen-bond donors (Lipinski definition) is 0. The van der Waals surface area contributed by atoms with Crippen LogP contribution in [0.1, 0.15) is 18.4 Å². The zero-order chi connectivity index (χ0) is 19.4. The van der Waals surface area contributed by atoms with Crippen LogP contribution < -0.4 is 9.64 Å². The molecule has 1 fully saturated rings. The minimum absolute atomic E-state index is 0.101. The maximum Gasteiger partial charge on any atom is 0.233 e. The molecule has 2 heterocycles. The summed E-state index contributed by atoms with van der Waals surface area (Å²) in [5.74, 6) is -0.433. The SMILES string of the molecule is CN(C)c1ccc(OC2CCCN(C(=O)Cc3ccc(F)cc3F)C2)nn1. The number of hydrogen-bond acceptors (Lipinski definition) is 5. The molecule has 1 amide bonds. The van der Waals surface area contributed by atoms with Crippen molar-refractivity contribution in [1.82, 2.24) is 15.1 Å². The topological polar surface area (TPSA) is 58.6 Å². The molecule has 144 valence electrons. The second kappa shape index (κ2) is 8.28. The van der Waals surface area contributed by atoms with Crippen molar-refractivity contribution in [3.05, 3.63) is 47.5 Å². The monoisotopic (exact) mass is 376 g/mol. The van der Waals surface area contributed by atoms with Gasteiger partial charge < -0.3 is 14.5 Å². The number of likely N-dealkylation sites (tertiary alicyclic amines) is 1. The number of rotatable bonds is 5. The largest absolute Gasteiger partial charge is 0.471 e. The molecule has 0 spiro atoms. The third-order valence-electron chi connectivity index (χ3n) is 4.46. The van der Waals surface area contributed by atoms with Crippen LogP contribution in [-0.2, 0) is 11.2 Å². The Morgan fingerprint density at radius 1 is 1.26 bits per heavy atom. The first-order valence-electron chi connectivity index (χ1n) is 8.82. The molecule has 1 atom stereocenters. The molecule has 1 aromatic heterocycles. The van der Waals surface area contributed by atoms with Crippen LogP contribution in [-0.4, -0.2) is 54.3 Å². The number of nitrogens with zero attached hydrogens (tertiary/aromatic N) is 4. The van der Waals surface area contributed by atoms with Gasteiger partial charge in [0.05, 0.1) is 13.0 Å². The molecule has 2 aromatic rings. The maximum absolute atomic E-state index is 13.8. The molecule has 1 aromatic carbocycles. The summed E-state index contributed by atoms with van der Waals surface area (Å²) in [6.45, 7) is 0.992. The highest BCUT2D eigenvalue weighted by atomic mass is 19.1. The fourth-order valence-electron chi connectivity index (χ4n) is 2.99. The molecule has 0 saturated carbocycles. The van der Waals surface area contributed by atoms with E-state index in [1.165, 1.54) is 6.07 Å². The fourth-order valence-corrected chi connectivity index (χ4v) is 2.99. The van der Waals surface area contributed by atoms with Gasteiger partial charge in [0.15, 0.2) is 5.82 Å². The van der Waals surface area contributed by atoms with Gasteiger partial charge in [-0.15, -0.1) is 10.2 Å². The fraction of sp³-hybridized carbons (Fsp3) is 0.421. The van der Waals surface area contributed by atoms with Crippen molar-refractivity contribution in [2.75, 3.05) is 32.1 Å². The van der Waals surface area contributed by atoms with E-state index in [0.29, 0.717) is 19.0 Å². The number of carbonyl (C=O) groups excluding carboxylic acids is 1. The molecule has 1 saturated heterocycles. The number of halogens is 2. The van der Waals surface area contributed by atoms with Gasteiger partial charge >= 0.3 is 0 Å². The summed E-state index contributed by atoms with van der Waals surface area (Å²) in [5.41, 5.74) is 0.189. The molecule has 0 N–H and O–H groups in total. The number of ether oxygens (including phenoxy) is 1. The number of carbonyl (C=O) groups is 1. The first-order chi connectivity index (χ1) is 12.9. The van der Waals surface area contributed by atoms with Crippen LogP contribution in [0.5, 0.6) is 5.88 Å². The average molecular weight is 376 g/mol. The average Bonchev–Trinajstić information content (AvgIpc) is 2.64. The lowest BCUT2D eigenvalue weighted by Crippen LogP contribution is -2.45. The lowest BCUT2D eigenvalue weighted by atomic mass is 10.1. The van der Waals surface area contributed by atoms with E-state index in [1.54, 1.807) is 11.0 Å². The highest BCUT2D eigenvalue weighted by Gasteiger charge is 2.26. The number of piperidine rings is 1.